The van der Waals surface area contributed by atoms with E-state index in [0.29, 0.717) is 4.47 Å². The van der Waals surface area contributed by atoms with E-state index in [2.05, 4.69) is 20.7 Å². The fourth-order valence-corrected chi connectivity index (χ4v) is 1.71. The van der Waals surface area contributed by atoms with Crippen molar-refractivity contribution in [2.45, 2.75) is 6.04 Å². The van der Waals surface area contributed by atoms with Gasteiger partial charge in [-0.05, 0) is 12.1 Å². The molecule has 0 aliphatic carbocycles. The molecule has 0 amide bonds. The summed E-state index contributed by atoms with van der Waals surface area (Å²) in [6.07, 6.45) is 0. The van der Waals surface area contributed by atoms with E-state index in [1.807, 2.05) is 0 Å². The number of esters is 1. The van der Waals surface area contributed by atoms with E-state index >= 15 is 0 Å². The number of benzene rings is 1. The first kappa shape index (κ1) is 11.8. The Morgan fingerprint density at radius 2 is 2.20 bits per heavy atom. The Balaban J connectivity index is 3.24. The number of ether oxygens (including phenoxy) is 1. The quantitative estimate of drug-likeness (QED) is 0.423. The number of rotatable bonds is 2. The first-order valence-electron chi connectivity index (χ1n) is 4.09. The van der Waals surface area contributed by atoms with Crippen LogP contribution < -0.4 is 11.5 Å². The molecule has 0 unspecified atom stereocenters. The van der Waals surface area contributed by atoms with Crippen LogP contribution in [0.4, 0.5) is 5.69 Å². The number of carbonyl (C=O) groups is 1. The number of aromatic hydroxyl groups is 1. The molecule has 5 nitrogen and oxygen atoms in total. The second-order valence-corrected chi connectivity index (χ2v) is 3.75. The molecule has 6 heteroatoms. The van der Waals surface area contributed by atoms with Crippen molar-refractivity contribution in [3.63, 3.8) is 0 Å². The Morgan fingerprint density at radius 1 is 1.60 bits per heavy atom. The molecular formula is C9H11BrN2O3. The summed E-state index contributed by atoms with van der Waals surface area (Å²) >= 11 is 3.18. The van der Waals surface area contributed by atoms with Crippen LogP contribution in [-0.4, -0.2) is 18.2 Å². The zero-order valence-electron chi connectivity index (χ0n) is 8.03. The van der Waals surface area contributed by atoms with E-state index in [-0.39, 0.29) is 17.0 Å². The number of methoxy groups -OCH3 is 1. The Kier molecular flexibility index (Phi) is 3.54. The van der Waals surface area contributed by atoms with Crippen LogP contribution >= 0.6 is 15.9 Å². The topological polar surface area (TPSA) is 98.6 Å². The maximum atomic E-state index is 11.2. The number of halogens is 1. The van der Waals surface area contributed by atoms with Crippen LogP contribution in [0.15, 0.2) is 16.6 Å². The van der Waals surface area contributed by atoms with E-state index in [1.165, 1.54) is 13.2 Å². The van der Waals surface area contributed by atoms with Gasteiger partial charge in [-0.15, -0.1) is 0 Å². The Morgan fingerprint density at radius 3 is 2.73 bits per heavy atom. The largest absolute Gasteiger partial charge is 0.505 e. The van der Waals surface area contributed by atoms with E-state index in [9.17, 15) is 9.90 Å². The van der Waals surface area contributed by atoms with Crippen molar-refractivity contribution in [3.05, 3.63) is 22.2 Å². The van der Waals surface area contributed by atoms with Crippen molar-refractivity contribution in [1.29, 1.82) is 0 Å². The third-order valence-corrected chi connectivity index (χ3v) is 2.65. The van der Waals surface area contributed by atoms with Gasteiger partial charge in [0.2, 0.25) is 0 Å². The van der Waals surface area contributed by atoms with E-state index in [0.717, 1.165) is 0 Å². The third-order valence-electron chi connectivity index (χ3n) is 1.96. The zero-order valence-corrected chi connectivity index (χ0v) is 9.61. The van der Waals surface area contributed by atoms with Crippen molar-refractivity contribution < 1.29 is 14.6 Å². The lowest BCUT2D eigenvalue weighted by molar-refractivity contribution is -0.142. The van der Waals surface area contributed by atoms with Crippen LogP contribution in [0.5, 0.6) is 5.75 Å². The maximum absolute atomic E-state index is 11.2. The van der Waals surface area contributed by atoms with Gasteiger partial charge in [0.1, 0.15) is 11.8 Å². The van der Waals surface area contributed by atoms with E-state index in [1.54, 1.807) is 6.07 Å². The van der Waals surface area contributed by atoms with Gasteiger partial charge in [0.05, 0.1) is 12.8 Å². The molecule has 1 aromatic carbocycles. The molecule has 15 heavy (non-hydrogen) atoms. The van der Waals surface area contributed by atoms with Gasteiger partial charge in [0.15, 0.2) is 0 Å². The minimum absolute atomic E-state index is 0.160. The average molecular weight is 275 g/mol. The number of phenolic OH excluding ortho intramolecular Hbond substituents is 1. The molecule has 0 radical (unpaired) electrons. The van der Waals surface area contributed by atoms with Crippen LogP contribution in [-0.2, 0) is 9.53 Å². The summed E-state index contributed by atoms with van der Waals surface area (Å²) in [5.74, 6) is -0.848. The van der Waals surface area contributed by atoms with Crippen molar-refractivity contribution in [3.8, 4) is 5.75 Å². The molecule has 1 atom stereocenters. The average Bonchev–Trinajstić information content (AvgIpc) is 2.22. The predicted octanol–water partition coefficient (Wildman–Crippen LogP) is 0.910. The summed E-state index contributed by atoms with van der Waals surface area (Å²) in [6.45, 7) is 0. The molecule has 82 valence electrons. The highest BCUT2D eigenvalue weighted by molar-refractivity contribution is 9.10. The monoisotopic (exact) mass is 274 g/mol. The highest BCUT2D eigenvalue weighted by Crippen LogP contribution is 2.35. The molecule has 0 spiro atoms. The molecule has 0 aromatic heterocycles. The van der Waals surface area contributed by atoms with Crippen LogP contribution in [0.25, 0.3) is 0 Å². The molecular weight excluding hydrogens is 264 g/mol. The molecule has 0 bridgehead atoms. The minimum Gasteiger partial charge on any atom is -0.505 e. The standard InChI is InChI=1S/C9H11BrN2O3/c1-15-9(14)7(12)6-4(10)2-3-5(11)8(6)13/h2-3,7,13H,11-12H2,1H3/t7-/m1/s1. The summed E-state index contributed by atoms with van der Waals surface area (Å²) in [6, 6.07) is 2.05. The van der Waals surface area contributed by atoms with E-state index < -0.39 is 12.0 Å². The Labute approximate surface area is 95.1 Å². The normalized spacial score (nSPS) is 12.2. The molecule has 0 heterocycles. The highest BCUT2D eigenvalue weighted by atomic mass is 79.9. The van der Waals surface area contributed by atoms with Gasteiger partial charge in [-0.25, -0.2) is 0 Å². The lowest BCUT2D eigenvalue weighted by Crippen LogP contribution is -2.23. The third kappa shape index (κ3) is 2.21. The minimum atomic E-state index is -1.06. The van der Waals surface area contributed by atoms with E-state index in [4.69, 9.17) is 11.5 Å². The van der Waals surface area contributed by atoms with Crippen molar-refractivity contribution in [2.24, 2.45) is 5.73 Å². The fraction of sp³-hybridized carbons (Fsp3) is 0.222. The first-order chi connectivity index (χ1) is 6.99. The summed E-state index contributed by atoms with van der Waals surface area (Å²) < 4.78 is 4.99. The number of hydrogen-bond donors (Lipinski definition) is 3. The molecule has 0 saturated carbocycles. The first-order valence-corrected chi connectivity index (χ1v) is 4.88. The van der Waals surface area contributed by atoms with Crippen LogP contribution in [0.3, 0.4) is 0 Å². The van der Waals surface area contributed by atoms with Gasteiger partial charge in [0.25, 0.3) is 0 Å². The molecule has 0 fully saturated rings. The number of nitrogen functional groups attached to an aromatic ring is 1. The van der Waals surface area contributed by atoms with Gasteiger partial charge in [-0.3, -0.25) is 4.79 Å². The SMILES string of the molecule is COC(=O)[C@H](N)c1c(Br)ccc(N)c1O. The van der Waals surface area contributed by atoms with Gasteiger partial charge in [-0.1, -0.05) is 15.9 Å². The van der Waals surface area contributed by atoms with Crippen LogP contribution in [0.1, 0.15) is 11.6 Å². The summed E-state index contributed by atoms with van der Waals surface area (Å²) in [5, 5.41) is 9.65. The van der Waals surface area contributed by atoms with Gasteiger partial charge in [-0.2, -0.15) is 0 Å². The molecule has 5 N–H and O–H groups in total. The van der Waals surface area contributed by atoms with Gasteiger partial charge < -0.3 is 21.3 Å². The number of carbonyl (C=O) groups excluding carboxylic acids is 1. The summed E-state index contributed by atoms with van der Waals surface area (Å²) in [5.41, 5.74) is 11.5. The highest BCUT2D eigenvalue weighted by Gasteiger charge is 2.23. The Bertz CT molecular complexity index is 395. The smallest absolute Gasteiger partial charge is 0.327 e. The van der Waals surface area contributed by atoms with Crippen molar-refractivity contribution in [2.75, 3.05) is 12.8 Å². The molecule has 1 aromatic rings. The molecule has 0 saturated heterocycles. The second kappa shape index (κ2) is 4.50. The van der Waals surface area contributed by atoms with Gasteiger partial charge in [0, 0.05) is 10.0 Å². The zero-order chi connectivity index (χ0) is 11.6. The lowest BCUT2D eigenvalue weighted by atomic mass is 10.1. The fourth-order valence-electron chi connectivity index (χ4n) is 1.14. The predicted molar refractivity (Wildman–Crippen MR) is 59.2 cm³/mol. The number of phenols is 1. The molecule has 1 rings (SSSR count). The van der Waals surface area contributed by atoms with Crippen LogP contribution in [0, 0.1) is 0 Å². The molecule has 0 aliphatic heterocycles. The van der Waals surface area contributed by atoms with Crippen molar-refractivity contribution >= 4 is 27.6 Å². The summed E-state index contributed by atoms with van der Waals surface area (Å²) in [4.78, 5) is 11.2. The number of hydrogen-bond acceptors (Lipinski definition) is 5. The van der Waals surface area contributed by atoms with Crippen LogP contribution in [0.2, 0.25) is 0 Å². The molecule has 0 aliphatic rings. The maximum Gasteiger partial charge on any atom is 0.327 e. The Hall–Kier alpha value is -1.27. The van der Waals surface area contributed by atoms with Crippen molar-refractivity contribution in [1.82, 2.24) is 0 Å². The number of nitrogens with two attached hydrogens (primary N) is 2. The summed E-state index contributed by atoms with van der Waals surface area (Å²) in [7, 11) is 1.22. The lowest BCUT2D eigenvalue weighted by Gasteiger charge is -2.14. The number of anilines is 1. The van der Waals surface area contributed by atoms with Gasteiger partial charge >= 0.3 is 5.97 Å². The second-order valence-electron chi connectivity index (χ2n) is 2.90.